The summed E-state index contributed by atoms with van der Waals surface area (Å²) in [5.41, 5.74) is 1.83. The van der Waals surface area contributed by atoms with E-state index in [1.165, 1.54) is 25.8 Å². The van der Waals surface area contributed by atoms with E-state index in [0.717, 1.165) is 6.07 Å². The number of nitro benzene ring substituents is 1. The maximum absolute atomic E-state index is 13.5. The Morgan fingerprint density at radius 2 is 1.89 bits per heavy atom. The molecule has 0 saturated carbocycles. The van der Waals surface area contributed by atoms with Crippen LogP contribution in [0.1, 0.15) is 38.8 Å². The van der Waals surface area contributed by atoms with Crippen molar-refractivity contribution in [2.24, 2.45) is 11.7 Å². The molecule has 0 heterocycles. The van der Waals surface area contributed by atoms with E-state index in [2.05, 4.69) is 0 Å². The fourth-order valence-corrected chi connectivity index (χ4v) is 2.89. The summed E-state index contributed by atoms with van der Waals surface area (Å²) in [6.07, 6.45) is -6.01. The van der Waals surface area contributed by atoms with E-state index < -0.39 is 34.0 Å². The Kier molecular flexibility index (Phi) is 6.68. The van der Waals surface area contributed by atoms with Gasteiger partial charge in [0.25, 0.3) is 5.69 Å². The van der Waals surface area contributed by atoms with Crippen LogP contribution in [0.15, 0.2) is 12.1 Å². The zero-order valence-corrected chi connectivity index (χ0v) is 15.9. The van der Waals surface area contributed by atoms with Crippen molar-refractivity contribution < 1.29 is 27.6 Å². The Labute approximate surface area is 155 Å². The predicted molar refractivity (Wildman–Crippen MR) is 94.7 cm³/mol. The van der Waals surface area contributed by atoms with Crippen LogP contribution < -0.4 is 10.6 Å². The Morgan fingerprint density at radius 3 is 2.30 bits per heavy atom. The molecule has 0 saturated heterocycles. The second-order valence-corrected chi connectivity index (χ2v) is 7.38. The van der Waals surface area contributed by atoms with Crippen LogP contribution in [0.3, 0.4) is 0 Å². The van der Waals surface area contributed by atoms with E-state index in [4.69, 9.17) is 10.5 Å². The number of nitro groups is 1. The number of rotatable bonds is 7. The SMILES string of the molecule is CC(C)CN(C)c1cc(CC(C)(C)OC(N)=O)c([N+](=O)[O-])cc1C(F)(F)F. The number of hydrogen-bond acceptors (Lipinski definition) is 5. The lowest BCUT2D eigenvalue weighted by atomic mass is 9.94. The van der Waals surface area contributed by atoms with Crippen LogP contribution in [0.4, 0.5) is 29.3 Å². The Hall–Kier alpha value is -2.52. The summed E-state index contributed by atoms with van der Waals surface area (Å²) < 4.78 is 45.4. The van der Waals surface area contributed by atoms with Crippen LogP contribution in [-0.2, 0) is 17.3 Å². The Morgan fingerprint density at radius 1 is 1.33 bits per heavy atom. The number of carbonyl (C=O) groups excluding carboxylic acids is 1. The number of hydrogen-bond donors (Lipinski definition) is 1. The zero-order valence-electron chi connectivity index (χ0n) is 15.9. The number of carbonyl (C=O) groups is 1. The summed E-state index contributed by atoms with van der Waals surface area (Å²) >= 11 is 0. The Balaban J connectivity index is 3.57. The highest BCUT2D eigenvalue weighted by atomic mass is 19.4. The maximum atomic E-state index is 13.5. The van der Waals surface area contributed by atoms with Crippen molar-refractivity contribution in [3.8, 4) is 0 Å². The molecule has 0 aliphatic heterocycles. The quantitative estimate of drug-likeness (QED) is 0.557. The van der Waals surface area contributed by atoms with E-state index in [1.54, 1.807) is 0 Å². The van der Waals surface area contributed by atoms with Gasteiger partial charge in [-0.1, -0.05) is 13.8 Å². The molecule has 0 aliphatic carbocycles. The number of amides is 1. The first-order valence-electron chi connectivity index (χ1n) is 8.22. The summed E-state index contributed by atoms with van der Waals surface area (Å²) in [6.45, 7) is 6.95. The van der Waals surface area contributed by atoms with Gasteiger partial charge in [-0.25, -0.2) is 4.79 Å². The van der Waals surface area contributed by atoms with Gasteiger partial charge in [0.1, 0.15) is 5.60 Å². The molecule has 1 aromatic rings. The van der Waals surface area contributed by atoms with Gasteiger partial charge in [-0.15, -0.1) is 0 Å². The number of primary amides is 1. The van der Waals surface area contributed by atoms with Gasteiger partial charge in [-0.05, 0) is 25.8 Å². The van der Waals surface area contributed by atoms with Crippen LogP contribution in [-0.4, -0.2) is 30.2 Å². The third kappa shape index (κ3) is 6.30. The molecule has 0 radical (unpaired) electrons. The minimum absolute atomic E-state index is 0.0184. The van der Waals surface area contributed by atoms with E-state index in [-0.39, 0.29) is 23.6 Å². The highest BCUT2D eigenvalue weighted by molar-refractivity contribution is 5.66. The highest BCUT2D eigenvalue weighted by Crippen LogP contribution is 2.41. The van der Waals surface area contributed by atoms with E-state index in [9.17, 15) is 28.1 Å². The van der Waals surface area contributed by atoms with Crippen molar-refractivity contribution in [3.05, 3.63) is 33.4 Å². The summed E-state index contributed by atoms with van der Waals surface area (Å²) in [6, 6.07) is 1.66. The van der Waals surface area contributed by atoms with Crippen LogP contribution in [0.5, 0.6) is 0 Å². The topological polar surface area (TPSA) is 98.7 Å². The second-order valence-electron chi connectivity index (χ2n) is 7.38. The number of benzene rings is 1. The molecule has 0 fully saturated rings. The van der Waals surface area contributed by atoms with E-state index >= 15 is 0 Å². The molecular weight excluding hydrogens is 367 g/mol. The van der Waals surface area contributed by atoms with Crippen LogP contribution >= 0.6 is 0 Å². The number of nitrogens with two attached hydrogens (primary N) is 1. The molecule has 1 aromatic carbocycles. The minimum Gasteiger partial charge on any atom is -0.443 e. The van der Waals surface area contributed by atoms with Gasteiger partial charge in [-0.3, -0.25) is 10.1 Å². The van der Waals surface area contributed by atoms with Crippen molar-refractivity contribution >= 4 is 17.5 Å². The molecule has 0 aliphatic rings. The summed E-state index contributed by atoms with van der Waals surface area (Å²) in [5.74, 6) is 0.0735. The number of anilines is 1. The lowest BCUT2D eigenvalue weighted by Gasteiger charge is -2.28. The molecule has 27 heavy (non-hydrogen) atoms. The molecule has 1 rings (SSSR count). The molecule has 1 amide bonds. The van der Waals surface area contributed by atoms with Crippen LogP contribution in [0.25, 0.3) is 0 Å². The molecule has 152 valence electrons. The maximum Gasteiger partial charge on any atom is 0.418 e. The smallest absolute Gasteiger partial charge is 0.418 e. The molecule has 2 N–H and O–H groups in total. The van der Waals surface area contributed by atoms with Crippen LogP contribution in [0.2, 0.25) is 0 Å². The summed E-state index contributed by atoms with van der Waals surface area (Å²) in [4.78, 5) is 22.9. The molecule has 0 atom stereocenters. The zero-order chi connectivity index (χ0) is 21.2. The van der Waals surface area contributed by atoms with Crippen molar-refractivity contribution in [3.63, 3.8) is 0 Å². The van der Waals surface area contributed by atoms with E-state index in [1.807, 2.05) is 13.8 Å². The van der Waals surface area contributed by atoms with Gasteiger partial charge >= 0.3 is 12.3 Å². The monoisotopic (exact) mass is 391 g/mol. The first kappa shape index (κ1) is 22.5. The molecule has 7 nitrogen and oxygen atoms in total. The molecular formula is C17H24F3N3O4. The van der Waals surface area contributed by atoms with Crippen molar-refractivity contribution in [2.45, 2.75) is 45.9 Å². The number of halogens is 3. The molecule has 0 spiro atoms. The van der Waals surface area contributed by atoms with E-state index in [0.29, 0.717) is 12.6 Å². The first-order valence-corrected chi connectivity index (χ1v) is 8.22. The van der Waals surface area contributed by atoms with Gasteiger partial charge < -0.3 is 15.4 Å². The molecule has 10 heteroatoms. The van der Waals surface area contributed by atoms with Crippen molar-refractivity contribution in [2.75, 3.05) is 18.5 Å². The van der Waals surface area contributed by atoms with Gasteiger partial charge in [0.05, 0.1) is 10.5 Å². The predicted octanol–water partition coefficient (Wildman–Crippen LogP) is 4.12. The summed E-state index contributed by atoms with van der Waals surface area (Å²) in [5, 5.41) is 11.4. The fourth-order valence-electron chi connectivity index (χ4n) is 2.89. The summed E-state index contributed by atoms with van der Waals surface area (Å²) in [7, 11) is 1.49. The standard InChI is InChI=1S/C17H24F3N3O4/c1-10(2)9-22(5)14-6-11(8-16(3,4)27-15(21)24)13(23(25)26)7-12(14)17(18,19)20/h6-7,10H,8-9H2,1-5H3,(H2,21,24). The number of alkyl halides is 3. The minimum atomic E-state index is -4.76. The van der Waals surface area contributed by atoms with Gasteiger partial charge in [0.2, 0.25) is 0 Å². The number of ether oxygens (including phenoxy) is 1. The van der Waals surface area contributed by atoms with Gasteiger partial charge in [-0.2, -0.15) is 13.2 Å². The average Bonchev–Trinajstić information content (AvgIpc) is 2.42. The lowest BCUT2D eigenvalue weighted by Crippen LogP contribution is -2.33. The first-order chi connectivity index (χ1) is 12.1. The molecule has 0 aromatic heterocycles. The molecule has 0 bridgehead atoms. The largest absolute Gasteiger partial charge is 0.443 e. The van der Waals surface area contributed by atoms with Gasteiger partial charge in [0.15, 0.2) is 0 Å². The average molecular weight is 391 g/mol. The van der Waals surface area contributed by atoms with Crippen molar-refractivity contribution in [1.29, 1.82) is 0 Å². The van der Waals surface area contributed by atoms with Crippen LogP contribution in [0, 0.1) is 16.0 Å². The third-order valence-electron chi connectivity index (χ3n) is 3.74. The van der Waals surface area contributed by atoms with Gasteiger partial charge in [0, 0.05) is 37.3 Å². The van der Waals surface area contributed by atoms with Crippen molar-refractivity contribution in [1.82, 2.24) is 0 Å². The fraction of sp³-hybridized carbons (Fsp3) is 0.588. The third-order valence-corrected chi connectivity index (χ3v) is 3.74. The number of nitrogens with zero attached hydrogens (tertiary/aromatic N) is 2. The second kappa shape index (κ2) is 8.01. The normalized spacial score (nSPS) is 12.2. The lowest BCUT2D eigenvalue weighted by molar-refractivity contribution is -0.385. The molecule has 0 unspecified atom stereocenters. The Bertz CT molecular complexity index is 718. The highest BCUT2D eigenvalue weighted by Gasteiger charge is 2.38.